The van der Waals surface area contributed by atoms with E-state index in [2.05, 4.69) is 5.32 Å². The molecule has 110 valence electrons. The first-order valence-electron chi connectivity index (χ1n) is 6.05. The lowest BCUT2D eigenvalue weighted by molar-refractivity contribution is -0.387. The summed E-state index contributed by atoms with van der Waals surface area (Å²) in [6, 6.07) is 7.11. The Labute approximate surface area is 118 Å². The van der Waals surface area contributed by atoms with E-state index in [0.29, 0.717) is 11.1 Å². The van der Waals surface area contributed by atoms with Gasteiger partial charge < -0.3 is 5.32 Å². The maximum absolute atomic E-state index is 13.4. The van der Waals surface area contributed by atoms with Gasteiger partial charge in [-0.3, -0.25) is 10.1 Å². The molecule has 0 aromatic heterocycles. The van der Waals surface area contributed by atoms with E-state index in [1.54, 1.807) is 0 Å². The minimum atomic E-state index is -0.935. The van der Waals surface area contributed by atoms with Crippen LogP contribution in [0.3, 0.4) is 0 Å². The van der Waals surface area contributed by atoms with E-state index >= 15 is 0 Å². The Morgan fingerprint density at radius 3 is 2.00 bits per heavy atom. The Bertz CT molecular complexity index is 677. The number of benzene rings is 2. The number of halogens is 3. The molecular weight excluding hydrogens is 285 g/mol. The zero-order valence-corrected chi connectivity index (χ0v) is 10.8. The van der Waals surface area contributed by atoms with Crippen molar-refractivity contribution in [3.05, 3.63) is 75.1 Å². The molecule has 0 heterocycles. The molecule has 0 aliphatic rings. The maximum atomic E-state index is 13.4. The van der Waals surface area contributed by atoms with E-state index in [1.165, 1.54) is 12.1 Å². The highest BCUT2D eigenvalue weighted by molar-refractivity contribution is 5.35. The summed E-state index contributed by atoms with van der Waals surface area (Å²) in [5.74, 6) is -2.76. The number of hydrogen-bond acceptors (Lipinski definition) is 3. The lowest BCUT2D eigenvalue weighted by Crippen LogP contribution is -2.13. The van der Waals surface area contributed by atoms with Crippen LogP contribution in [-0.4, -0.2) is 4.92 Å². The summed E-state index contributed by atoms with van der Waals surface area (Å²) >= 11 is 0. The second-order valence-corrected chi connectivity index (χ2v) is 4.39. The summed E-state index contributed by atoms with van der Waals surface area (Å²) < 4.78 is 39.1. The quantitative estimate of drug-likeness (QED) is 0.680. The topological polar surface area (TPSA) is 55.2 Å². The predicted molar refractivity (Wildman–Crippen MR) is 70.0 cm³/mol. The Hall–Kier alpha value is -2.41. The first-order valence-corrected chi connectivity index (χ1v) is 6.05. The van der Waals surface area contributed by atoms with Gasteiger partial charge >= 0.3 is 5.69 Å². The highest BCUT2D eigenvalue weighted by Crippen LogP contribution is 2.18. The molecule has 0 unspecified atom stereocenters. The molecule has 4 nitrogen and oxygen atoms in total. The summed E-state index contributed by atoms with van der Waals surface area (Å²) in [4.78, 5) is 9.68. The van der Waals surface area contributed by atoms with Gasteiger partial charge in [0.2, 0.25) is 5.82 Å². The largest absolute Gasteiger partial charge is 0.309 e. The monoisotopic (exact) mass is 296 g/mol. The second kappa shape index (κ2) is 6.36. The number of nitro benzene ring substituents is 1. The molecule has 21 heavy (non-hydrogen) atoms. The van der Waals surface area contributed by atoms with Gasteiger partial charge in [0.1, 0.15) is 0 Å². The molecular formula is C14H11F3N2O2. The van der Waals surface area contributed by atoms with Crippen LogP contribution in [-0.2, 0) is 13.1 Å². The highest BCUT2D eigenvalue weighted by atomic mass is 19.2. The molecule has 0 atom stereocenters. The summed E-state index contributed by atoms with van der Waals surface area (Å²) in [6.07, 6.45) is 0. The van der Waals surface area contributed by atoms with Gasteiger partial charge in [0.25, 0.3) is 0 Å². The number of rotatable bonds is 5. The van der Waals surface area contributed by atoms with E-state index in [1.807, 2.05) is 0 Å². The molecule has 7 heteroatoms. The van der Waals surface area contributed by atoms with Crippen molar-refractivity contribution in [2.24, 2.45) is 0 Å². The molecule has 2 rings (SSSR count). The Kier molecular flexibility index (Phi) is 4.54. The third-order valence-electron chi connectivity index (χ3n) is 2.85. The molecule has 0 saturated heterocycles. The zero-order valence-electron chi connectivity index (χ0n) is 10.8. The lowest BCUT2D eigenvalue weighted by Gasteiger charge is -2.06. The Morgan fingerprint density at radius 1 is 0.905 bits per heavy atom. The van der Waals surface area contributed by atoms with Crippen LogP contribution in [0.25, 0.3) is 0 Å². The van der Waals surface area contributed by atoms with Crippen LogP contribution in [0, 0.1) is 27.6 Å². The lowest BCUT2D eigenvalue weighted by atomic mass is 10.1. The minimum absolute atomic E-state index is 0.244. The third kappa shape index (κ3) is 3.79. The first-order chi connectivity index (χ1) is 9.97. The number of hydrogen-bond donors (Lipinski definition) is 1. The van der Waals surface area contributed by atoms with Crippen LogP contribution in [0.4, 0.5) is 18.9 Å². The van der Waals surface area contributed by atoms with E-state index in [4.69, 9.17) is 0 Å². The normalized spacial score (nSPS) is 10.6. The third-order valence-corrected chi connectivity index (χ3v) is 2.85. The van der Waals surface area contributed by atoms with Crippen molar-refractivity contribution in [2.45, 2.75) is 13.1 Å². The SMILES string of the molecule is O=[N+]([O-])c1ccc(CNCc2ccc(F)c(F)c2)cc1F. The van der Waals surface area contributed by atoms with Gasteiger partial charge in [0.05, 0.1) is 4.92 Å². The van der Waals surface area contributed by atoms with Crippen molar-refractivity contribution < 1.29 is 18.1 Å². The van der Waals surface area contributed by atoms with Crippen LogP contribution < -0.4 is 5.32 Å². The Balaban J connectivity index is 1.95. The van der Waals surface area contributed by atoms with Crippen LogP contribution in [0.15, 0.2) is 36.4 Å². The molecule has 2 aromatic rings. The molecule has 0 saturated carbocycles. The number of nitro groups is 1. The average molecular weight is 296 g/mol. The van der Waals surface area contributed by atoms with Crippen molar-refractivity contribution in [3.8, 4) is 0 Å². The fourth-order valence-electron chi connectivity index (χ4n) is 1.81. The van der Waals surface area contributed by atoms with Gasteiger partial charge in [0.15, 0.2) is 11.6 Å². The van der Waals surface area contributed by atoms with Crippen molar-refractivity contribution in [3.63, 3.8) is 0 Å². The summed E-state index contributed by atoms with van der Waals surface area (Å²) in [5.41, 5.74) is 0.469. The Morgan fingerprint density at radius 2 is 1.48 bits per heavy atom. The van der Waals surface area contributed by atoms with Crippen molar-refractivity contribution in [1.82, 2.24) is 5.32 Å². The number of nitrogens with zero attached hydrogens (tertiary/aromatic N) is 1. The van der Waals surface area contributed by atoms with Crippen molar-refractivity contribution in [1.29, 1.82) is 0 Å². The van der Waals surface area contributed by atoms with Gasteiger partial charge in [-0.1, -0.05) is 12.1 Å². The van der Waals surface area contributed by atoms with Crippen molar-refractivity contribution in [2.75, 3.05) is 0 Å². The van der Waals surface area contributed by atoms with Crippen molar-refractivity contribution >= 4 is 5.69 Å². The van der Waals surface area contributed by atoms with E-state index < -0.39 is 28.1 Å². The fourth-order valence-corrected chi connectivity index (χ4v) is 1.81. The van der Waals surface area contributed by atoms with Crippen LogP contribution >= 0.6 is 0 Å². The summed E-state index contributed by atoms with van der Waals surface area (Å²) in [7, 11) is 0. The molecule has 0 spiro atoms. The van der Waals surface area contributed by atoms with Gasteiger partial charge in [-0.25, -0.2) is 8.78 Å². The van der Waals surface area contributed by atoms with Gasteiger partial charge in [-0.2, -0.15) is 4.39 Å². The summed E-state index contributed by atoms with van der Waals surface area (Å²) in [6.45, 7) is 0.504. The smallest absolute Gasteiger partial charge is 0.304 e. The molecule has 2 aromatic carbocycles. The van der Waals surface area contributed by atoms with E-state index in [-0.39, 0.29) is 13.1 Å². The van der Waals surface area contributed by atoms with Gasteiger partial charge in [-0.15, -0.1) is 0 Å². The van der Waals surface area contributed by atoms with Gasteiger partial charge in [0, 0.05) is 19.2 Å². The molecule has 0 bridgehead atoms. The van der Waals surface area contributed by atoms with E-state index in [0.717, 1.165) is 24.3 Å². The van der Waals surface area contributed by atoms with Gasteiger partial charge in [-0.05, 0) is 29.3 Å². The van der Waals surface area contributed by atoms with E-state index in [9.17, 15) is 23.3 Å². The fraction of sp³-hybridized carbons (Fsp3) is 0.143. The van der Waals surface area contributed by atoms with Crippen LogP contribution in [0.1, 0.15) is 11.1 Å². The average Bonchev–Trinajstić information content (AvgIpc) is 2.42. The van der Waals surface area contributed by atoms with Crippen LogP contribution in [0.2, 0.25) is 0 Å². The minimum Gasteiger partial charge on any atom is -0.309 e. The molecule has 0 amide bonds. The standard InChI is InChI=1S/C14H11F3N2O2/c15-11-3-1-9(5-12(11)16)7-18-8-10-2-4-14(19(20)21)13(17)6-10/h1-6,18H,7-8H2. The zero-order chi connectivity index (χ0) is 15.4. The molecule has 0 radical (unpaired) electrons. The molecule has 0 aliphatic carbocycles. The van der Waals surface area contributed by atoms with Crippen LogP contribution in [0.5, 0.6) is 0 Å². The first kappa shape index (κ1) is 15.0. The highest BCUT2D eigenvalue weighted by Gasteiger charge is 2.13. The molecule has 0 fully saturated rings. The summed E-state index contributed by atoms with van der Waals surface area (Å²) in [5, 5.41) is 13.4. The molecule has 0 aliphatic heterocycles. The molecule has 1 N–H and O–H groups in total. The second-order valence-electron chi connectivity index (χ2n) is 4.39. The maximum Gasteiger partial charge on any atom is 0.304 e. The number of nitrogens with one attached hydrogen (secondary N) is 1. The predicted octanol–water partition coefficient (Wildman–Crippen LogP) is 3.30.